The summed E-state index contributed by atoms with van der Waals surface area (Å²) in [6, 6.07) is 0.777. The lowest BCUT2D eigenvalue weighted by molar-refractivity contribution is 0.0732. The Morgan fingerprint density at radius 3 is 2.33 bits per heavy atom. The molecule has 1 aliphatic heterocycles. The zero-order chi connectivity index (χ0) is 13.0. The van der Waals surface area contributed by atoms with Gasteiger partial charge >= 0.3 is 0 Å². The molecular weight excluding hydrogens is 222 g/mol. The highest BCUT2D eigenvalue weighted by Gasteiger charge is 2.26. The molecule has 1 atom stereocenters. The topological polar surface area (TPSA) is 32.5 Å². The fraction of sp³-hybridized carbons (Fsp3) is 1.00. The normalized spacial score (nSPS) is 35.8. The molecule has 0 radical (unpaired) electrons. The van der Waals surface area contributed by atoms with Crippen molar-refractivity contribution in [2.75, 3.05) is 39.8 Å². The highest BCUT2D eigenvalue weighted by molar-refractivity contribution is 4.82. The van der Waals surface area contributed by atoms with Crippen molar-refractivity contribution in [3.05, 3.63) is 0 Å². The van der Waals surface area contributed by atoms with Gasteiger partial charge in [-0.3, -0.25) is 0 Å². The predicted octanol–water partition coefficient (Wildman–Crippen LogP) is 1.78. The lowest BCUT2D eigenvalue weighted by Gasteiger charge is -2.41. The average molecular weight is 253 g/mol. The molecule has 1 aliphatic carbocycles. The minimum atomic E-state index is 0.777. The number of piperazine rings is 1. The van der Waals surface area contributed by atoms with Crippen LogP contribution in [0, 0.1) is 11.8 Å². The third-order valence-corrected chi connectivity index (χ3v) is 5.15. The molecule has 1 saturated carbocycles. The molecule has 2 rings (SSSR count). The van der Waals surface area contributed by atoms with Crippen molar-refractivity contribution in [3.8, 4) is 0 Å². The summed E-state index contributed by atoms with van der Waals surface area (Å²) in [5.41, 5.74) is 5.77. The molecule has 18 heavy (non-hydrogen) atoms. The SMILES string of the molecule is CCC1CN(CC2CCC(CN)CC2)CCN1C. The first-order valence-electron chi connectivity index (χ1n) is 7.85. The maximum absolute atomic E-state index is 5.77. The Hall–Kier alpha value is -0.120. The molecule has 0 aromatic carbocycles. The van der Waals surface area contributed by atoms with E-state index in [1.54, 1.807) is 0 Å². The second-order valence-corrected chi connectivity index (χ2v) is 6.42. The molecule has 106 valence electrons. The van der Waals surface area contributed by atoms with Crippen molar-refractivity contribution in [1.29, 1.82) is 0 Å². The zero-order valence-electron chi connectivity index (χ0n) is 12.3. The van der Waals surface area contributed by atoms with Crippen molar-refractivity contribution in [2.45, 2.75) is 45.1 Å². The van der Waals surface area contributed by atoms with Crippen LogP contribution in [0.2, 0.25) is 0 Å². The zero-order valence-corrected chi connectivity index (χ0v) is 12.3. The maximum Gasteiger partial charge on any atom is 0.0218 e. The van der Waals surface area contributed by atoms with Crippen molar-refractivity contribution in [3.63, 3.8) is 0 Å². The van der Waals surface area contributed by atoms with Gasteiger partial charge in [-0.1, -0.05) is 6.92 Å². The van der Waals surface area contributed by atoms with Gasteiger partial charge in [0.25, 0.3) is 0 Å². The number of nitrogens with two attached hydrogens (primary N) is 1. The summed E-state index contributed by atoms with van der Waals surface area (Å²) in [6.07, 6.45) is 6.83. The van der Waals surface area contributed by atoms with Crippen LogP contribution in [-0.4, -0.2) is 55.6 Å². The lowest BCUT2D eigenvalue weighted by atomic mass is 9.81. The van der Waals surface area contributed by atoms with Crippen LogP contribution in [0.4, 0.5) is 0 Å². The van der Waals surface area contributed by atoms with Crippen LogP contribution in [0.15, 0.2) is 0 Å². The van der Waals surface area contributed by atoms with E-state index in [9.17, 15) is 0 Å². The molecule has 0 spiro atoms. The number of rotatable bonds is 4. The van der Waals surface area contributed by atoms with Crippen LogP contribution in [0.5, 0.6) is 0 Å². The van der Waals surface area contributed by atoms with Gasteiger partial charge in [-0.15, -0.1) is 0 Å². The molecule has 3 nitrogen and oxygen atoms in total. The van der Waals surface area contributed by atoms with Crippen molar-refractivity contribution < 1.29 is 0 Å². The fourth-order valence-corrected chi connectivity index (χ4v) is 3.63. The molecule has 2 fully saturated rings. The Balaban J connectivity index is 1.73. The standard InChI is InChI=1S/C15H31N3/c1-3-15-12-18(9-8-17(15)2)11-14-6-4-13(10-16)5-7-14/h13-15H,3-12,16H2,1-2H3. The van der Waals surface area contributed by atoms with E-state index in [2.05, 4.69) is 23.8 Å². The first-order valence-corrected chi connectivity index (χ1v) is 7.85. The summed E-state index contributed by atoms with van der Waals surface area (Å²) >= 11 is 0. The molecule has 0 amide bonds. The van der Waals surface area contributed by atoms with Crippen molar-refractivity contribution >= 4 is 0 Å². The third-order valence-electron chi connectivity index (χ3n) is 5.15. The minimum absolute atomic E-state index is 0.777. The van der Waals surface area contributed by atoms with Crippen LogP contribution in [0.25, 0.3) is 0 Å². The van der Waals surface area contributed by atoms with Gasteiger partial charge in [-0.05, 0) is 57.5 Å². The smallest absolute Gasteiger partial charge is 0.0218 e. The molecule has 1 heterocycles. The van der Waals surface area contributed by atoms with Gasteiger partial charge in [0.15, 0.2) is 0 Å². The number of nitrogens with zero attached hydrogens (tertiary/aromatic N) is 2. The van der Waals surface area contributed by atoms with E-state index in [1.165, 1.54) is 58.3 Å². The molecular formula is C15H31N3. The molecule has 3 heteroatoms. The Kier molecular flexibility index (Phi) is 5.46. The fourth-order valence-electron chi connectivity index (χ4n) is 3.63. The monoisotopic (exact) mass is 253 g/mol. The average Bonchev–Trinajstić information content (AvgIpc) is 2.42. The summed E-state index contributed by atoms with van der Waals surface area (Å²) in [5.74, 6) is 1.76. The van der Waals surface area contributed by atoms with E-state index in [0.29, 0.717) is 0 Å². The van der Waals surface area contributed by atoms with E-state index in [0.717, 1.165) is 24.4 Å². The Bertz CT molecular complexity index is 236. The lowest BCUT2D eigenvalue weighted by Crippen LogP contribution is -2.52. The number of hydrogen-bond acceptors (Lipinski definition) is 3. The summed E-state index contributed by atoms with van der Waals surface area (Å²) in [4.78, 5) is 5.24. The summed E-state index contributed by atoms with van der Waals surface area (Å²) < 4.78 is 0. The van der Waals surface area contributed by atoms with Crippen LogP contribution >= 0.6 is 0 Å². The molecule has 1 saturated heterocycles. The first kappa shape index (κ1) is 14.3. The minimum Gasteiger partial charge on any atom is -0.330 e. The summed E-state index contributed by atoms with van der Waals surface area (Å²) in [7, 11) is 2.28. The third kappa shape index (κ3) is 3.69. The summed E-state index contributed by atoms with van der Waals surface area (Å²) in [5, 5.41) is 0. The Morgan fingerprint density at radius 1 is 1.06 bits per heavy atom. The van der Waals surface area contributed by atoms with Crippen molar-refractivity contribution in [2.24, 2.45) is 17.6 Å². The Labute approximate surface area is 113 Å². The molecule has 2 aliphatic rings. The highest BCUT2D eigenvalue weighted by Crippen LogP contribution is 2.29. The first-order chi connectivity index (χ1) is 8.72. The van der Waals surface area contributed by atoms with E-state index in [-0.39, 0.29) is 0 Å². The molecule has 0 aromatic rings. The van der Waals surface area contributed by atoms with Gasteiger partial charge in [0.2, 0.25) is 0 Å². The predicted molar refractivity (Wildman–Crippen MR) is 77.7 cm³/mol. The number of likely N-dealkylation sites (N-methyl/N-ethyl adjacent to an activating group) is 1. The largest absolute Gasteiger partial charge is 0.330 e. The van der Waals surface area contributed by atoms with Crippen LogP contribution < -0.4 is 5.73 Å². The van der Waals surface area contributed by atoms with Gasteiger partial charge in [0.1, 0.15) is 0 Å². The van der Waals surface area contributed by atoms with E-state index in [4.69, 9.17) is 5.73 Å². The van der Waals surface area contributed by atoms with Crippen LogP contribution in [0.3, 0.4) is 0 Å². The second-order valence-electron chi connectivity index (χ2n) is 6.42. The van der Waals surface area contributed by atoms with Gasteiger partial charge in [-0.2, -0.15) is 0 Å². The van der Waals surface area contributed by atoms with E-state index >= 15 is 0 Å². The second kappa shape index (κ2) is 6.88. The molecule has 1 unspecified atom stereocenters. The van der Waals surface area contributed by atoms with Gasteiger partial charge in [0.05, 0.1) is 0 Å². The van der Waals surface area contributed by atoms with E-state index < -0.39 is 0 Å². The summed E-state index contributed by atoms with van der Waals surface area (Å²) in [6.45, 7) is 8.35. The highest BCUT2D eigenvalue weighted by atomic mass is 15.3. The van der Waals surface area contributed by atoms with Gasteiger partial charge < -0.3 is 15.5 Å². The van der Waals surface area contributed by atoms with Crippen molar-refractivity contribution in [1.82, 2.24) is 9.80 Å². The van der Waals surface area contributed by atoms with E-state index in [1.807, 2.05) is 0 Å². The maximum atomic E-state index is 5.77. The quantitative estimate of drug-likeness (QED) is 0.829. The van der Waals surface area contributed by atoms with Gasteiger partial charge in [-0.25, -0.2) is 0 Å². The van der Waals surface area contributed by atoms with Gasteiger partial charge in [0, 0.05) is 32.2 Å². The number of hydrogen-bond donors (Lipinski definition) is 1. The van der Waals surface area contributed by atoms with Crippen LogP contribution in [-0.2, 0) is 0 Å². The molecule has 2 N–H and O–H groups in total. The Morgan fingerprint density at radius 2 is 1.72 bits per heavy atom. The van der Waals surface area contributed by atoms with Crippen LogP contribution in [0.1, 0.15) is 39.0 Å². The molecule has 0 aromatic heterocycles. The molecule has 0 bridgehead atoms.